The number of aromatic hydroxyl groups is 1. The van der Waals surface area contributed by atoms with Gasteiger partial charge in [-0.15, -0.1) is 0 Å². The molecule has 0 saturated carbocycles. The summed E-state index contributed by atoms with van der Waals surface area (Å²) < 4.78 is 28.1. The van der Waals surface area contributed by atoms with Crippen molar-refractivity contribution in [2.24, 2.45) is 0 Å². The lowest BCUT2D eigenvalue weighted by molar-refractivity contribution is 0.450. The molecule has 0 aliphatic heterocycles. The van der Waals surface area contributed by atoms with Crippen molar-refractivity contribution >= 4 is 49.8 Å². The Kier molecular flexibility index (Phi) is 4.80. The Balaban J connectivity index is 2.43. The van der Waals surface area contributed by atoms with Crippen molar-refractivity contribution in [2.75, 3.05) is 0 Å². The molecule has 0 amide bonds. The van der Waals surface area contributed by atoms with E-state index in [0.29, 0.717) is 4.47 Å². The van der Waals surface area contributed by atoms with E-state index in [0.717, 1.165) is 0 Å². The van der Waals surface area contributed by atoms with Crippen LogP contribution < -0.4 is 4.74 Å². The largest absolute Gasteiger partial charge is 0.507 e. The molecule has 2 aromatic carbocycles. The maximum absolute atomic E-state index is 11.0. The lowest BCUT2D eigenvalue weighted by Gasteiger charge is -2.10. The molecule has 0 aliphatic carbocycles. The van der Waals surface area contributed by atoms with Gasteiger partial charge in [-0.25, -0.2) is 8.42 Å². The van der Waals surface area contributed by atoms with Crippen molar-refractivity contribution in [1.29, 1.82) is 0 Å². The van der Waals surface area contributed by atoms with Gasteiger partial charge in [-0.3, -0.25) is 0 Å². The lowest BCUT2D eigenvalue weighted by Crippen LogP contribution is -1.89. The maximum Gasteiger partial charge on any atom is 0.172 e. The highest BCUT2D eigenvalue weighted by Gasteiger charge is 2.12. The molecule has 0 unspecified atom stereocenters. The highest BCUT2D eigenvalue weighted by atomic mass is 79.9. The first kappa shape index (κ1) is 15.4. The van der Waals surface area contributed by atoms with Crippen molar-refractivity contribution in [1.82, 2.24) is 0 Å². The molecule has 0 radical (unpaired) electrons. The third-order valence-electron chi connectivity index (χ3n) is 2.33. The van der Waals surface area contributed by atoms with Crippen LogP contribution in [-0.2, 0) is 10.7 Å². The molecule has 0 fully saturated rings. The summed E-state index contributed by atoms with van der Waals surface area (Å²) in [7, 11) is -2.93. The van der Waals surface area contributed by atoms with Gasteiger partial charge in [0.25, 0.3) is 0 Å². The molecule has 4 nitrogen and oxygen atoms in total. The summed E-state index contributed by atoms with van der Waals surface area (Å²) in [5, 5.41) is 9.96. The smallest absolute Gasteiger partial charge is 0.172 e. The summed E-state index contributed by atoms with van der Waals surface area (Å²) in [5.74, 6) is 0.0545. The van der Waals surface area contributed by atoms with Gasteiger partial charge in [0.1, 0.15) is 16.4 Å². The molecule has 106 valence electrons. The zero-order chi connectivity index (χ0) is 14.9. The van der Waals surface area contributed by atoms with Crippen molar-refractivity contribution in [2.45, 2.75) is 4.90 Å². The predicted octanol–water partition coefficient (Wildman–Crippen LogP) is 4.22. The van der Waals surface area contributed by atoms with Crippen LogP contribution >= 0.6 is 39.1 Å². The number of thiol groups is 1. The summed E-state index contributed by atoms with van der Waals surface area (Å²) in [5.41, 5.74) is 0. The van der Waals surface area contributed by atoms with Gasteiger partial charge in [0, 0.05) is 10.5 Å². The highest BCUT2D eigenvalue weighted by molar-refractivity contribution is 9.10. The van der Waals surface area contributed by atoms with Crippen LogP contribution in [0, 0.1) is 0 Å². The van der Waals surface area contributed by atoms with Gasteiger partial charge in [0.05, 0.1) is 10.0 Å². The van der Waals surface area contributed by atoms with Crippen LogP contribution in [0.4, 0.5) is 0 Å². The Labute approximate surface area is 135 Å². The van der Waals surface area contributed by atoms with Crippen molar-refractivity contribution in [3.05, 3.63) is 44.8 Å². The van der Waals surface area contributed by atoms with E-state index in [1.165, 1.54) is 18.2 Å². The van der Waals surface area contributed by atoms with Gasteiger partial charge in [-0.1, -0.05) is 39.1 Å². The normalized spacial score (nSPS) is 10.8. The standard InChI is InChI=1S/C12H7BrCl2O4S/c13-6-3-8(14)12(9(15)4-6)19-7-1-2-10(16)11(5-7)20(17)18/h1-5,16,20H. The van der Waals surface area contributed by atoms with E-state index in [1.807, 2.05) is 0 Å². The summed E-state index contributed by atoms with van der Waals surface area (Å²) in [6.45, 7) is 0. The van der Waals surface area contributed by atoms with Crippen LogP contribution in [0.15, 0.2) is 39.7 Å². The average molecular weight is 398 g/mol. The highest BCUT2D eigenvalue weighted by Crippen LogP contribution is 2.39. The molecule has 0 aliphatic rings. The second-order valence-corrected chi connectivity index (χ2v) is 6.43. The van der Waals surface area contributed by atoms with Crippen LogP contribution in [0.5, 0.6) is 17.2 Å². The summed E-state index contributed by atoms with van der Waals surface area (Å²) in [6, 6.07) is 7.01. The SMILES string of the molecule is O=[SH](=O)c1cc(Oc2c(Cl)cc(Br)cc2Cl)ccc1O. The van der Waals surface area contributed by atoms with E-state index in [1.54, 1.807) is 12.1 Å². The fraction of sp³-hybridized carbons (Fsp3) is 0. The van der Waals surface area contributed by atoms with Gasteiger partial charge in [-0.2, -0.15) is 0 Å². The zero-order valence-corrected chi connectivity index (χ0v) is 13.6. The topological polar surface area (TPSA) is 63.6 Å². The van der Waals surface area contributed by atoms with Crippen molar-refractivity contribution in [3.8, 4) is 17.2 Å². The molecular formula is C12H7BrCl2O4S. The zero-order valence-electron chi connectivity index (χ0n) is 9.64. The van der Waals surface area contributed by atoms with Gasteiger partial charge >= 0.3 is 0 Å². The molecule has 1 N–H and O–H groups in total. The van der Waals surface area contributed by atoms with E-state index in [-0.39, 0.29) is 32.2 Å². The monoisotopic (exact) mass is 396 g/mol. The fourth-order valence-corrected chi connectivity index (χ4v) is 3.24. The molecule has 0 spiro atoms. The minimum Gasteiger partial charge on any atom is -0.507 e. The van der Waals surface area contributed by atoms with E-state index in [9.17, 15) is 13.5 Å². The molecule has 8 heteroatoms. The van der Waals surface area contributed by atoms with E-state index in [4.69, 9.17) is 27.9 Å². The molecule has 0 aromatic heterocycles. The van der Waals surface area contributed by atoms with Crippen LogP contribution in [0.25, 0.3) is 0 Å². The first-order valence-corrected chi connectivity index (χ1v) is 7.91. The molecule has 2 aromatic rings. The second kappa shape index (κ2) is 6.22. The Hall–Kier alpha value is -0.950. The molecule has 0 bridgehead atoms. The van der Waals surface area contributed by atoms with Crippen LogP contribution in [0.1, 0.15) is 0 Å². The van der Waals surface area contributed by atoms with E-state index in [2.05, 4.69) is 15.9 Å². The number of halogens is 3. The first-order chi connectivity index (χ1) is 9.38. The molecule has 20 heavy (non-hydrogen) atoms. The number of ether oxygens (including phenoxy) is 1. The Morgan fingerprint density at radius 3 is 2.25 bits per heavy atom. The summed E-state index contributed by atoms with van der Waals surface area (Å²) in [6.07, 6.45) is 0. The number of rotatable bonds is 3. The maximum atomic E-state index is 11.0. The van der Waals surface area contributed by atoms with Gasteiger partial charge in [0.2, 0.25) is 0 Å². The lowest BCUT2D eigenvalue weighted by atomic mass is 10.3. The van der Waals surface area contributed by atoms with Crippen LogP contribution in [0.3, 0.4) is 0 Å². The molecular weight excluding hydrogens is 391 g/mol. The van der Waals surface area contributed by atoms with E-state index >= 15 is 0 Å². The molecule has 0 heterocycles. The minimum atomic E-state index is -2.93. The van der Waals surface area contributed by atoms with Gasteiger partial charge in [0.15, 0.2) is 16.5 Å². The molecule has 0 atom stereocenters. The average Bonchev–Trinajstić information content (AvgIpc) is 2.35. The third-order valence-corrected chi connectivity index (χ3v) is 4.10. The number of hydrogen-bond acceptors (Lipinski definition) is 4. The van der Waals surface area contributed by atoms with Crippen LogP contribution in [-0.4, -0.2) is 13.5 Å². The summed E-state index contributed by atoms with van der Waals surface area (Å²) in [4.78, 5) is -0.234. The Morgan fingerprint density at radius 1 is 1.10 bits per heavy atom. The number of phenolic OH excluding ortho intramolecular Hbond substituents is 1. The number of phenols is 1. The third kappa shape index (κ3) is 3.38. The van der Waals surface area contributed by atoms with Gasteiger partial charge < -0.3 is 9.84 Å². The number of hydrogen-bond donors (Lipinski definition) is 2. The van der Waals surface area contributed by atoms with Crippen molar-refractivity contribution in [3.63, 3.8) is 0 Å². The van der Waals surface area contributed by atoms with E-state index < -0.39 is 10.7 Å². The Morgan fingerprint density at radius 2 is 1.70 bits per heavy atom. The second-order valence-electron chi connectivity index (χ2n) is 3.71. The molecule has 0 saturated heterocycles. The molecule has 2 rings (SSSR count). The minimum absolute atomic E-state index is 0.197. The Bertz CT molecular complexity index is 715. The summed E-state index contributed by atoms with van der Waals surface area (Å²) >= 11 is 15.3. The van der Waals surface area contributed by atoms with Crippen molar-refractivity contribution < 1.29 is 18.3 Å². The first-order valence-electron chi connectivity index (χ1n) is 5.18. The number of benzene rings is 2. The van der Waals surface area contributed by atoms with Gasteiger partial charge in [-0.05, 0) is 24.3 Å². The fourth-order valence-electron chi connectivity index (χ4n) is 1.46. The predicted molar refractivity (Wildman–Crippen MR) is 80.9 cm³/mol. The quantitative estimate of drug-likeness (QED) is 0.761. The van der Waals surface area contributed by atoms with Crippen LogP contribution in [0.2, 0.25) is 10.0 Å².